The molecule has 0 fully saturated rings. The molecule has 2 heterocycles. The second-order valence-corrected chi connectivity index (χ2v) is 3.68. The van der Waals surface area contributed by atoms with Gasteiger partial charge < -0.3 is 10.8 Å². The highest BCUT2D eigenvalue weighted by atomic mass is 35.5. The van der Waals surface area contributed by atoms with Crippen LogP contribution in [0.5, 0.6) is 0 Å². The Morgan fingerprint density at radius 2 is 2.38 bits per heavy atom. The minimum atomic E-state index is -1.07. The molecule has 2 aromatic rings. The Hall–Kier alpha value is -1.66. The number of aliphatic carboxylic acids is 1. The number of halogens is 1. The molecule has 2 aromatic heterocycles. The van der Waals surface area contributed by atoms with Gasteiger partial charge in [0, 0.05) is 18.8 Å². The Morgan fingerprint density at radius 3 is 3.06 bits per heavy atom. The maximum absolute atomic E-state index is 10.6. The van der Waals surface area contributed by atoms with Crippen LogP contribution in [-0.4, -0.2) is 31.5 Å². The summed E-state index contributed by atoms with van der Waals surface area (Å²) in [6.07, 6.45) is 4.78. The summed E-state index contributed by atoms with van der Waals surface area (Å²) >= 11 is 5.87. The average molecular weight is 241 g/mol. The first-order valence-electron chi connectivity index (χ1n) is 4.54. The second-order valence-electron chi connectivity index (χ2n) is 3.30. The molecule has 0 radical (unpaired) electrons. The van der Waals surface area contributed by atoms with Gasteiger partial charge in [0.05, 0.1) is 11.9 Å². The number of nitrogens with two attached hydrogens (primary N) is 1. The van der Waals surface area contributed by atoms with Gasteiger partial charge in [-0.2, -0.15) is 0 Å². The Morgan fingerprint density at radius 1 is 1.62 bits per heavy atom. The van der Waals surface area contributed by atoms with E-state index >= 15 is 0 Å². The summed E-state index contributed by atoms with van der Waals surface area (Å²) in [5.41, 5.74) is 6.49. The molecule has 0 saturated carbocycles. The van der Waals surface area contributed by atoms with Gasteiger partial charge in [-0.3, -0.25) is 14.2 Å². The van der Waals surface area contributed by atoms with Crippen molar-refractivity contribution in [1.82, 2.24) is 14.4 Å². The largest absolute Gasteiger partial charge is 0.480 e. The standard InChI is InChI=1S/C9H9ClN4O2/c10-7-4-13-8-6(3-5(11)9(15)16)12-1-2-14(7)8/h1-2,4-5H,3,11H2,(H,15,16). The molecule has 0 spiro atoms. The van der Waals surface area contributed by atoms with Gasteiger partial charge in [0.25, 0.3) is 0 Å². The first-order chi connectivity index (χ1) is 7.59. The SMILES string of the molecule is NC(Cc1nccn2c(Cl)cnc12)C(=O)O. The van der Waals surface area contributed by atoms with Crippen LogP contribution in [0.1, 0.15) is 5.69 Å². The second kappa shape index (κ2) is 4.07. The van der Waals surface area contributed by atoms with E-state index in [2.05, 4.69) is 9.97 Å². The predicted octanol–water partition coefficient (Wildman–Crippen LogP) is 0.337. The third-order valence-corrected chi connectivity index (χ3v) is 2.47. The van der Waals surface area contributed by atoms with Crippen molar-refractivity contribution in [2.45, 2.75) is 12.5 Å². The third kappa shape index (κ3) is 1.84. The van der Waals surface area contributed by atoms with Crippen LogP contribution in [-0.2, 0) is 11.2 Å². The van der Waals surface area contributed by atoms with E-state index in [9.17, 15) is 4.79 Å². The zero-order valence-electron chi connectivity index (χ0n) is 8.17. The average Bonchev–Trinajstić information content (AvgIpc) is 2.62. The molecule has 84 valence electrons. The quantitative estimate of drug-likeness (QED) is 0.807. The fraction of sp³-hybridized carbons (Fsp3) is 0.222. The summed E-state index contributed by atoms with van der Waals surface area (Å²) in [5, 5.41) is 9.16. The smallest absolute Gasteiger partial charge is 0.320 e. The molecule has 0 aromatic carbocycles. The van der Waals surface area contributed by atoms with Gasteiger partial charge in [-0.05, 0) is 0 Å². The maximum atomic E-state index is 10.6. The summed E-state index contributed by atoms with van der Waals surface area (Å²) < 4.78 is 1.62. The third-order valence-electron chi connectivity index (χ3n) is 2.19. The van der Waals surface area contributed by atoms with E-state index < -0.39 is 12.0 Å². The minimum Gasteiger partial charge on any atom is -0.480 e. The van der Waals surface area contributed by atoms with Crippen molar-refractivity contribution in [3.8, 4) is 0 Å². The summed E-state index contributed by atoms with van der Waals surface area (Å²) in [5.74, 6) is -1.07. The number of imidazole rings is 1. The van der Waals surface area contributed by atoms with Gasteiger partial charge in [0.15, 0.2) is 5.65 Å². The zero-order chi connectivity index (χ0) is 11.7. The van der Waals surface area contributed by atoms with Crippen LogP contribution in [0.2, 0.25) is 5.15 Å². The number of carboxylic acid groups (broad SMARTS) is 1. The molecule has 16 heavy (non-hydrogen) atoms. The molecule has 0 aliphatic rings. The van der Waals surface area contributed by atoms with Crippen molar-refractivity contribution >= 4 is 23.2 Å². The first kappa shape index (κ1) is 10.8. The fourth-order valence-electron chi connectivity index (χ4n) is 1.38. The van der Waals surface area contributed by atoms with Crippen LogP contribution >= 0.6 is 11.6 Å². The fourth-order valence-corrected chi connectivity index (χ4v) is 1.57. The van der Waals surface area contributed by atoms with Crippen LogP contribution in [0.4, 0.5) is 0 Å². The number of carbonyl (C=O) groups is 1. The Bertz CT molecular complexity index is 539. The first-order valence-corrected chi connectivity index (χ1v) is 4.92. The molecule has 1 unspecified atom stereocenters. The molecule has 1 atom stereocenters. The van der Waals surface area contributed by atoms with Crippen molar-refractivity contribution < 1.29 is 9.90 Å². The monoisotopic (exact) mass is 240 g/mol. The lowest BCUT2D eigenvalue weighted by molar-refractivity contribution is -0.138. The van der Waals surface area contributed by atoms with Crippen molar-refractivity contribution in [3.05, 3.63) is 29.4 Å². The molecular weight excluding hydrogens is 232 g/mol. The van der Waals surface area contributed by atoms with Crippen LogP contribution < -0.4 is 5.73 Å². The number of hydrogen-bond donors (Lipinski definition) is 2. The molecule has 0 bridgehead atoms. The molecule has 0 aliphatic heterocycles. The molecule has 0 amide bonds. The highest BCUT2D eigenvalue weighted by Gasteiger charge is 2.16. The van der Waals surface area contributed by atoms with E-state index in [1.807, 2.05) is 0 Å². The van der Waals surface area contributed by atoms with Crippen LogP contribution in [0, 0.1) is 0 Å². The van der Waals surface area contributed by atoms with Gasteiger partial charge in [0.1, 0.15) is 11.2 Å². The number of rotatable bonds is 3. The van der Waals surface area contributed by atoms with Crippen LogP contribution in [0.25, 0.3) is 5.65 Å². The predicted molar refractivity (Wildman–Crippen MR) is 57.3 cm³/mol. The van der Waals surface area contributed by atoms with E-state index in [1.54, 1.807) is 10.6 Å². The van der Waals surface area contributed by atoms with E-state index in [0.717, 1.165) is 0 Å². The van der Waals surface area contributed by atoms with E-state index in [1.165, 1.54) is 12.4 Å². The van der Waals surface area contributed by atoms with Crippen LogP contribution in [0.15, 0.2) is 18.6 Å². The van der Waals surface area contributed by atoms with Crippen molar-refractivity contribution in [1.29, 1.82) is 0 Å². The van der Waals surface area contributed by atoms with Gasteiger partial charge in [0.2, 0.25) is 0 Å². The van der Waals surface area contributed by atoms with Crippen molar-refractivity contribution in [2.24, 2.45) is 5.73 Å². The maximum Gasteiger partial charge on any atom is 0.320 e. The van der Waals surface area contributed by atoms with Crippen molar-refractivity contribution in [2.75, 3.05) is 0 Å². The van der Waals surface area contributed by atoms with Crippen molar-refractivity contribution in [3.63, 3.8) is 0 Å². The lowest BCUT2D eigenvalue weighted by atomic mass is 10.2. The van der Waals surface area contributed by atoms with E-state index in [4.69, 9.17) is 22.4 Å². The molecule has 7 heteroatoms. The Labute approximate surface area is 95.7 Å². The van der Waals surface area contributed by atoms with Gasteiger partial charge in [-0.15, -0.1) is 0 Å². The molecule has 0 aliphatic carbocycles. The number of aromatic nitrogens is 3. The number of nitrogens with zero attached hydrogens (tertiary/aromatic N) is 3. The number of fused-ring (bicyclic) bond motifs is 1. The summed E-state index contributed by atoms with van der Waals surface area (Å²) in [6, 6.07) is -0.992. The summed E-state index contributed by atoms with van der Waals surface area (Å²) in [7, 11) is 0. The zero-order valence-corrected chi connectivity index (χ0v) is 8.92. The highest BCUT2D eigenvalue weighted by Crippen LogP contribution is 2.14. The molecular formula is C9H9ClN4O2. The number of hydrogen-bond acceptors (Lipinski definition) is 4. The number of carboxylic acids is 1. The molecule has 2 rings (SSSR count). The highest BCUT2D eigenvalue weighted by molar-refractivity contribution is 6.29. The van der Waals surface area contributed by atoms with Crippen LogP contribution in [0.3, 0.4) is 0 Å². The van der Waals surface area contributed by atoms with Gasteiger partial charge in [-0.25, -0.2) is 4.98 Å². The van der Waals surface area contributed by atoms with E-state index in [0.29, 0.717) is 16.5 Å². The lowest BCUT2D eigenvalue weighted by Crippen LogP contribution is -2.32. The summed E-state index contributed by atoms with van der Waals surface area (Å²) in [4.78, 5) is 18.7. The Kier molecular flexibility index (Phi) is 2.76. The topological polar surface area (TPSA) is 93.5 Å². The summed E-state index contributed by atoms with van der Waals surface area (Å²) in [6.45, 7) is 0. The van der Waals surface area contributed by atoms with Gasteiger partial charge >= 0.3 is 5.97 Å². The Balaban J connectivity index is 2.41. The lowest BCUT2D eigenvalue weighted by Gasteiger charge is -2.06. The van der Waals surface area contributed by atoms with E-state index in [-0.39, 0.29) is 6.42 Å². The minimum absolute atomic E-state index is 0.118. The van der Waals surface area contributed by atoms with Gasteiger partial charge in [-0.1, -0.05) is 11.6 Å². The molecule has 6 nitrogen and oxygen atoms in total. The molecule has 0 saturated heterocycles. The molecule has 3 N–H and O–H groups in total. The normalized spacial score (nSPS) is 12.9.